The highest BCUT2D eigenvalue weighted by molar-refractivity contribution is 9.09. The van der Waals surface area contributed by atoms with Crippen molar-refractivity contribution >= 4 is 37.8 Å². The third kappa shape index (κ3) is 2.58. The molecule has 1 unspecified atom stereocenters. The molecule has 4 heteroatoms. The number of carbonyl (C=O) groups excluding carboxylic acids is 1. The van der Waals surface area contributed by atoms with Crippen LogP contribution in [0.3, 0.4) is 0 Å². The molecule has 17 heavy (non-hydrogen) atoms. The molecule has 1 aliphatic carbocycles. The molecule has 1 N–H and O–H groups in total. The SMILES string of the molecule is CC(CBr)(CBr)NC(=O)C1Cc2ccccc21. The number of rotatable bonds is 4. The van der Waals surface area contributed by atoms with Crippen LogP contribution in [0.15, 0.2) is 24.3 Å². The zero-order valence-electron chi connectivity index (χ0n) is 9.67. The minimum Gasteiger partial charge on any atom is -0.349 e. The monoisotopic (exact) mass is 359 g/mol. The predicted octanol–water partition coefficient (Wildman–Crippen LogP) is 2.99. The van der Waals surface area contributed by atoms with Gasteiger partial charge in [0.25, 0.3) is 0 Å². The van der Waals surface area contributed by atoms with E-state index in [0.717, 1.165) is 17.1 Å². The third-order valence-electron chi connectivity index (χ3n) is 3.19. The van der Waals surface area contributed by atoms with Crippen molar-refractivity contribution in [1.29, 1.82) is 0 Å². The van der Waals surface area contributed by atoms with Crippen molar-refractivity contribution in [2.24, 2.45) is 0 Å². The molecular formula is C13H15Br2NO. The summed E-state index contributed by atoms with van der Waals surface area (Å²) in [5, 5.41) is 4.59. The smallest absolute Gasteiger partial charge is 0.228 e. The van der Waals surface area contributed by atoms with Crippen molar-refractivity contribution < 1.29 is 4.79 Å². The summed E-state index contributed by atoms with van der Waals surface area (Å²) in [5.74, 6) is 0.161. The number of hydrogen-bond acceptors (Lipinski definition) is 1. The topological polar surface area (TPSA) is 29.1 Å². The van der Waals surface area contributed by atoms with Crippen molar-refractivity contribution in [1.82, 2.24) is 5.32 Å². The maximum absolute atomic E-state index is 12.2. The minimum atomic E-state index is -0.221. The summed E-state index contributed by atoms with van der Waals surface area (Å²) in [6.45, 7) is 2.03. The molecule has 0 spiro atoms. The molecule has 0 radical (unpaired) electrons. The second kappa shape index (κ2) is 5.11. The molecule has 2 rings (SSSR count). The Morgan fingerprint density at radius 2 is 2.06 bits per heavy atom. The Balaban J connectivity index is 2.05. The summed E-state index contributed by atoms with van der Waals surface area (Å²) < 4.78 is 0. The van der Waals surface area contributed by atoms with Gasteiger partial charge in [-0.25, -0.2) is 0 Å². The molecule has 0 fully saturated rings. The Kier molecular flexibility index (Phi) is 3.93. The van der Waals surface area contributed by atoms with Crippen molar-refractivity contribution in [2.75, 3.05) is 10.7 Å². The van der Waals surface area contributed by atoms with Crippen LogP contribution in [0.5, 0.6) is 0 Å². The van der Waals surface area contributed by atoms with Gasteiger partial charge in [-0.05, 0) is 24.5 Å². The Labute approximate surface area is 118 Å². The van der Waals surface area contributed by atoms with Gasteiger partial charge in [-0.1, -0.05) is 56.1 Å². The normalized spacial score (nSPS) is 18.2. The van der Waals surface area contributed by atoms with Crippen LogP contribution >= 0.6 is 31.9 Å². The van der Waals surface area contributed by atoms with Crippen molar-refractivity contribution in [3.63, 3.8) is 0 Å². The predicted molar refractivity (Wildman–Crippen MR) is 77.0 cm³/mol. The van der Waals surface area contributed by atoms with Crippen LogP contribution in [0.25, 0.3) is 0 Å². The zero-order chi connectivity index (χ0) is 12.5. The standard InChI is InChI=1S/C13H15Br2NO/c1-13(7-14,8-15)16-12(17)11-6-9-4-2-3-5-10(9)11/h2-5,11H,6-8H2,1H3,(H,16,17). The van der Waals surface area contributed by atoms with Crippen LogP contribution < -0.4 is 5.32 Å². The molecule has 2 nitrogen and oxygen atoms in total. The Morgan fingerprint density at radius 3 is 2.65 bits per heavy atom. The van der Waals surface area contributed by atoms with E-state index < -0.39 is 0 Å². The summed E-state index contributed by atoms with van der Waals surface area (Å²) in [4.78, 5) is 12.2. The van der Waals surface area contributed by atoms with Gasteiger partial charge in [0, 0.05) is 10.7 Å². The number of alkyl halides is 2. The van der Waals surface area contributed by atoms with Crippen molar-refractivity contribution in [2.45, 2.75) is 24.8 Å². The second-order valence-electron chi connectivity index (χ2n) is 4.77. The van der Waals surface area contributed by atoms with Crippen molar-refractivity contribution in [3.8, 4) is 0 Å². The fourth-order valence-electron chi connectivity index (χ4n) is 1.98. The largest absolute Gasteiger partial charge is 0.349 e. The number of hydrogen-bond donors (Lipinski definition) is 1. The Bertz CT molecular complexity index is 429. The molecule has 0 aromatic heterocycles. The van der Waals surface area contributed by atoms with E-state index in [9.17, 15) is 4.79 Å². The zero-order valence-corrected chi connectivity index (χ0v) is 12.8. The molecule has 1 amide bonds. The molecule has 92 valence electrons. The molecule has 0 saturated heterocycles. The molecule has 1 aromatic rings. The number of halogens is 2. The van der Waals surface area contributed by atoms with Crippen LogP contribution in [0.2, 0.25) is 0 Å². The van der Waals surface area contributed by atoms with Crippen LogP contribution in [0.1, 0.15) is 24.0 Å². The van der Waals surface area contributed by atoms with Gasteiger partial charge in [-0.15, -0.1) is 0 Å². The molecule has 1 aromatic carbocycles. The number of fused-ring (bicyclic) bond motifs is 1. The first-order valence-electron chi connectivity index (χ1n) is 5.61. The van der Waals surface area contributed by atoms with E-state index in [4.69, 9.17) is 0 Å². The van der Waals surface area contributed by atoms with Crippen LogP contribution in [-0.4, -0.2) is 22.1 Å². The van der Waals surface area contributed by atoms with Gasteiger partial charge in [-0.2, -0.15) is 0 Å². The van der Waals surface area contributed by atoms with Gasteiger partial charge in [0.1, 0.15) is 0 Å². The lowest BCUT2D eigenvalue weighted by Crippen LogP contribution is -2.51. The molecule has 1 aliphatic rings. The Hall–Kier alpha value is -0.350. The maximum atomic E-state index is 12.2. The van der Waals surface area contributed by atoms with E-state index in [1.165, 1.54) is 11.1 Å². The summed E-state index contributed by atoms with van der Waals surface area (Å²) >= 11 is 6.87. The van der Waals surface area contributed by atoms with E-state index >= 15 is 0 Å². The van der Waals surface area contributed by atoms with Gasteiger partial charge in [0.15, 0.2) is 0 Å². The molecule has 0 saturated carbocycles. The first-order chi connectivity index (χ1) is 8.09. The number of nitrogens with one attached hydrogen (secondary N) is 1. The van der Waals surface area contributed by atoms with Crippen LogP contribution in [-0.2, 0) is 11.2 Å². The van der Waals surface area contributed by atoms with Gasteiger partial charge < -0.3 is 5.32 Å². The van der Waals surface area contributed by atoms with Gasteiger partial charge in [-0.3, -0.25) is 4.79 Å². The lowest BCUT2D eigenvalue weighted by Gasteiger charge is -2.34. The average molecular weight is 361 g/mol. The van der Waals surface area contributed by atoms with E-state index in [2.05, 4.69) is 43.2 Å². The average Bonchev–Trinajstić information content (AvgIpc) is 2.30. The molecule has 1 atom stereocenters. The lowest BCUT2D eigenvalue weighted by atomic mass is 9.77. The fourth-order valence-corrected chi connectivity index (χ4v) is 3.19. The molecule has 0 aliphatic heterocycles. The molecule has 0 heterocycles. The van der Waals surface area contributed by atoms with Crippen molar-refractivity contribution in [3.05, 3.63) is 35.4 Å². The lowest BCUT2D eigenvalue weighted by molar-refractivity contribution is -0.124. The molecular weight excluding hydrogens is 346 g/mol. The summed E-state index contributed by atoms with van der Waals surface area (Å²) in [6, 6.07) is 8.15. The van der Waals surface area contributed by atoms with E-state index in [1.54, 1.807) is 0 Å². The minimum absolute atomic E-state index is 0.0311. The van der Waals surface area contributed by atoms with E-state index in [0.29, 0.717) is 0 Å². The number of benzene rings is 1. The molecule has 0 bridgehead atoms. The number of amides is 1. The highest BCUT2D eigenvalue weighted by Crippen LogP contribution is 2.35. The highest BCUT2D eigenvalue weighted by Gasteiger charge is 2.35. The van der Waals surface area contributed by atoms with Gasteiger partial charge >= 0.3 is 0 Å². The third-order valence-corrected chi connectivity index (χ3v) is 5.66. The van der Waals surface area contributed by atoms with Crippen LogP contribution in [0, 0.1) is 0 Å². The van der Waals surface area contributed by atoms with Crippen LogP contribution in [0.4, 0.5) is 0 Å². The highest BCUT2D eigenvalue weighted by atomic mass is 79.9. The van der Waals surface area contributed by atoms with E-state index in [-0.39, 0.29) is 17.4 Å². The Morgan fingerprint density at radius 1 is 1.41 bits per heavy atom. The van der Waals surface area contributed by atoms with Gasteiger partial charge in [0.05, 0.1) is 11.5 Å². The first-order valence-corrected chi connectivity index (χ1v) is 7.86. The van der Waals surface area contributed by atoms with Gasteiger partial charge in [0.2, 0.25) is 5.91 Å². The van der Waals surface area contributed by atoms with E-state index in [1.807, 2.05) is 25.1 Å². The summed E-state index contributed by atoms with van der Waals surface area (Å²) in [6.07, 6.45) is 0.864. The summed E-state index contributed by atoms with van der Waals surface area (Å²) in [5.41, 5.74) is 2.25. The first kappa shape index (κ1) is 13.1. The number of carbonyl (C=O) groups is 1. The quantitative estimate of drug-likeness (QED) is 0.821. The maximum Gasteiger partial charge on any atom is 0.228 e. The second-order valence-corrected chi connectivity index (χ2v) is 5.89. The summed E-state index contributed by atoms with van der Waals surface area (Å²) in [7, 11) is 0. The fraction of sp³-hybridized carbons (Fsp3) is 0.462.